The molecule has 0 bridgehead atoms. The van der Waals surface area contributed by atoms with Crippen LogP contribution >= 0.6 is 11.8 Å². The van der Waals surface area contributed by atoms with E-state index in [-0.39, 0.29) is 17.1 Å². The normalized spacial score (nSPS) is 12.7. The lowest BCUT2D eigenvalue weighted by atomic mass is 10.0. The number of amides is 1. The average molecular weight is 488 g/mol. The molecule has 0 aliphatic heterocycles. The van der Waals surface area contributed by atoms with E-state index < -0.39 is 0 Å². The van der Waals surface area contributed by atoms with Crippen molar-refractivity contribution < 1.29 is 9.53 Å². The van der Waals surface area contributed by atoms with E-state index in [0.29, 0.717) is 24.1 Å². The molecule has 0 saturated heterocycles. The summed E-state index contributed by atoms with van der Waals surface area (Å²) in [6, 6.07) is 21.7. The van der Waals surface area contributed by atoms with Crippen LogP contribution in [0.4, 0.5) is 0 Å². The van der Waals surface area contributed by atoms with Crippen LogP contribution in [0.15, 0.2) is 84.3 Å². The Kier molecular flexibility index (Phi) is 8.15. The number of rotatable bonds is 10. The second-order valence-electron chi connectivity index (χ2n) is 8.12. The van der Waals surface area contributed by atoms with E-state index in [9.17, 15) is 4.79 Å². The lowest BCUT2D eigenvalue weighted by molar-refractivity contribution is -0.120. The number of carbonyl (C=O) groups excluding carboxylic acids is 1. The third kappa shape index (κ3) is 6.08. The molecule has 2 heterocycles. The minimum atomic E-state index is -0.353. The molecule has 2 atom stereocenters. The second kappa shape index (κ2) is 11.7. The Hall–Kier alpha value is -3.65. The summed E-state index contributed by atoms with van der Waals surface area (Å²) < 4.78 is 7.55. The monoisotopic (exact) mass is 487 g/mol. The molecule has 1 amide bonds. The summed E-state index contributed by atoms with van der Waals surface area (Å²) in [6.07, 6.45) is 3.45. The predicted molar refractivity (Wildman–Crippen MR) is 139 cm³/mol. The number of nitrogens with one attached hydrogen (secondary N) is 1. The Morgan fingerprint density at radius 1 is 1.00 bits per heavy atom. The van der Waals surface area contributed by atoms with Gasteiger partial charge in [0.25, 0.3) is 0 Å². The summed E-state index contributed by atoms with van der Waals surface area (Å²) in [6.45, 7) is 7.12. The molecule has 1 N–H and O–H groups in total. The van der Waals surface area contributed by atoms with Crippen molar-refractivity contribution in [3.05, 3.63) is 84.7 Å². The molecule has 2 unspecified atom stereocenters. The maximum atomic E-state index is 12.9. The third-order valence-corrected chi connectivity index (χ3v) is 6.62. The Balaban J connectivity index is 1.53. The fraction of sp³-hybridized carbons (Fsp3) is 0.259. The van der Waals surface area contributed by atoms with Crippen LogP contribution in [-0.4, -0.2) is 44.1 Å². The van der Waals surface area contributed by atoms with Crippen molar-refractivity contribution in [2.75, 3.05) is 13.2 Å². The van der Waals surface area contributed by atoms with Gasteiger partial charge in [-0.05, 0) is 61.7 Å². The molecule has 0 aliphatic rings. The zero-order chi connectivity index (χ0) is 24.6. The van der Waals surface area contributed by atoms with Crippen LogP contribution in [0.1, 0.15) is 32.3 Å². The van der Waals surface area contributed by atoms with Crippen LogP contribution in [0.25, 0.3) is 17.1 Å². The standard InChI is InChI=1S/C27H29N5O2S/c1-4-34-24-12-10-23(11-13-24)32-25(22-14-16-28-17-15-22)30-31-27(32)35-20(3)26(33)29-18-19(2)21-8-6-5-7-9-21/h5-17,19-20H,4,18H2,1-3H3,(H,29,33). The van der Waals surface area contributed by atoms with Gasteiger partial charge in [0.2, 0.25) is 5.91 Å². The fourth-order valence-electron chi connectivity index (χ4n) is 3.63. The minimum absolute atomic E-state index is 0.0375. The Bertz CT molecular complexity index is 1230. The molecule has 35 heavy (non-hydrogen) atoms. The largest absolute Gasteiger partial charge is 0.494 e. The van der Waals surface area contributed by atoms with E-state index in [2.05, 4.69) is 39.6 Å². The first kappa shape index (κ1) is 24.5. The zero-order valence-corrected chi connectivity index (χ0v) is 20.9. The van der Waals surface area contributed by atoms with Crippen molar-refractivity contribution in [2.24, 2.45) is 0 Å². The maximum Gasteiger partial charge on any atom is 0.233 e. The van der Waals surface area contributed by atoms with Crippen LogP contribution in [0.5, 0.6) is 5.75 Å². The number of pyridine rings is 1. The van der Waals surface area contributed by atoms with Gasteiger partial charge in [-0.15, -0.1) is 10.2 Å². The molecule has 0 aliphatic carbocycles. The summed E-state index contributed by atoms with van der Waals surface area (Å²) >= 11 is 1.38. The molecule has 0 radical (unpaired) electrons. The molecule has 4 aromatic rings. The fourth-order valence-corrected chi connectivity index (χ4v) is 4.53. The van der Waals surface area contributed by atoms with E-state index in [1.807, 2.05) is 73.0 Å². The highest BCUT2D eigenvalue weighted by Gasteiger charge is 2.22. The van der Waals surface area contributed by atoms with Gasteiger partial charge >= 0.3 is 0 Å². The smallest absolute Gasteiger partial charge is 0.233 e. The molecule has 8 heteroatoms. The molecule has 4 rings (SSSR count). The van der Waals surface area contributed by atoms with Crippen LogP contribution < -0.4 is 10.1 Å². The van der Waals surface area contributed by atoms with Gasteiger partial charge in [-0.3, -0.25) is 14.3 Å². The summed E-state index contributed by atoms with van der Waals surface area (Å²) in [5, 5.41) is 12.3. The van der Waals surface area contributed by atoms with E-state index in [1.165, 1.54) is 17.3 Å². The number of nitrogens with zero attached hydrogens (tertiary/aromatic N) is 4. The van der Waals surface area contributed by atoms with Crippen molar-refractivity contribution in [1.29, 1.82) is 0 Å². The van der Waals surface area contributed by atoms with Crippen molar-refractivity contribution in [3.63, 3.8) is 0 Å². The third-order valence-electron chi connectivity index (χ3n) is 5.58. The van der Waals surface area contributed by atoms with Gasteiger partial charge in [-0.1, -0.05) is 49.0 Å². The van der Waals surface area contributed by atoms with Gasteiger partial charge in [0, 0.05) is 30.2 Å². The minimum Gasteiger partial charge on any atom is -0.494 e. The lowest BCUT2D eigenvalue weighted by Crippen LogP contribution is -2.33. The molecule has 2 aromatic carbocycles. The van der Waals surface area contributed by atoms with Gasteiger partial charge in [0.15, 0.2) is 11.0 Å². The van der Waals surface area contributed by atoms with Gasteiger partial charge in [0.05, 0.1) is 11.9 Å². The number of hydrogen-bond donors (Lipinski definition) is 1. The number of benzene rings is 2. The van der Waals surface area contributed by atoms with E-state index in [1.54, 1.807) is 12.4 Å². The zero-order valence-electron chi connectivity index (χ0n) is 20.1. The van der Waals surface area contributed by atoms with E-state index in [0.717, 1.165) is 17.0 Å². The summed E-state index contributed by atoms with van der Waals surface area (Å²) in [7, 11) is 0. The first-order chi connectivity index (χ1) is 17.1. The van der Waals surface area contributed by atoms with Crippen molar-refractivity contribution >= 4 is 17.7 Å². The molecule has 0 saturated carbocycles. The molecule has 7 nitrogen and oxygen atoms in total. The highest BCUT2D eigenvalue weighted by Crippen LogP contribution is 2.31. The van der Waals surface area contributed by atoms with Crippen LogP contribution in [0, 0.1) is 0 Å². The maximum absolute atomic E-state index is 12.9. The molecule has 0 fully saturated rings. The number of aromatic nitrogens is 4. The molecule has 2 aromatic heterocycles. The first-order valence-corrected chi connectivity index (χ1v) is 12.5. The SMILES string of the molecule is CCOc1ccc(-n2c(SC(C)C(=O)NCC(C)c3ccccc3)nnc2-c2ccncc2)cc1. The van der Waals surface area contributed by atoms with Crippen molar-refractivity contribution in [3.8, 4) is 22.8 Å². The summed E-state index contributed by atoms with van der Waals surface area (Å²) in [5.74, 6) is 1.67. The Morgan fingerprint density at radius 2 is 1.71 bits per heavy atom. The molecular formula is C27H29N5O2S. The average Bonchev–Trinajstić information content (AvgIpc) is 3.32. The van der Waals surface area contributed by atoms with E-state index in [4.69, 9.17) is 4.74 Å². The van der Waals surface area contributed by atoms with Crippen LogP contribution in [-0.2, 0) is 4.79 Å². The number of hydrogen-bond acceptors (Lipinski definition) is 6. The second-order valence-corrected chi connectivity index (χ2v) is 9.43. The molecule has 0 spiro atoms. The Labute approximate surface area is 210 Å². The molecule has 180 valence electrons. The first-order valence-electron chi connectivity index (χ1n) is 11.6. The van der Waals surface area contributed by atoms with E-state index >= 15 is 0 Å². The van der Waals surface area contributed by atoms with Crippen molar-refractivity contribution in [2.45, 2.75) is 37.1 Å². The summed E-state index contributed by atoms with van der Waals surface area (Å²) in [5.41, 5.74) is 2.98. The van der Waals surface area contributed by atoms with Gasteiger partial charge in [-0.2, -0.15) is 0 Å². The lowest BCUT2D eigenvalue weighted by Gasteiger charge is -2.16. The Morgan fingerprint density at radius 3 is 2.40 bits per heavy atom. The van der Waals surface area contributed by atoms with Crippen molar-refractivity contribution in [1.82, 2.24) is 25.1 Å². The summed E-state index contributed by atoms with van der Waals surface area (Å²) in [4.78, 5) is 17.0. The predicted octanol–water partition coefficient (Wildman–Crippen LogP) is 5.13. The topological polar surface area (TPSA) is 81.9 Å². The highest BCUT2D eigenvalue weighted by molar-refractivity contribution is 8.00. The molecular weight excluding hydrogens is 458 g/mol. The number of thioether (sulfide) groups is 1. The highest BCUT2D eigenvalue weighted by atomic mass is 32.2. The van der Waals surface area contributed by atoms with Gasteiger partial charge < -0.3 is 10.1 Å². The van der Waals surface area contributed by atoms with Gasteiger partial charge in [-0.25, -0.2) is 0 Å². The van der Waals surface area contributed by atoms with Crippen LogP contribution in [0.2, 0.25) is 0 Å². The van der Waals surface area contributed by atoms with Gasteiger partial charge in [0.1, 0.15) is 5.75 Å². The quantitative estimate of drug-likeness (QED) is 0.312. The van der Waals surface area contributed by atoms with Crippen LogP contribution in [0.3, 0.4) is 0 Å². The number of carbonyl (C=O) groups is 1. The number of ether oxygens (including phenoxy) is 1.